The fraction of sp³-hybridized carbons (Fsp3) is 0.625. The van der Waals surface area contributed by atoms with Crippen molar-refractivity contribution >= 4 is 5.84 Å². The molecule has 0 spiro atoms. The highest BCUT2D eigenvalue weighted by atomic mass is 16.6. The van der Waals surface area contributed by atoms with E-state index in [4.69, 9.17) is 21.0 Å². The van der Waals surface area contributed by atoms with Crippen LogP contribution < -0.4 is 5.73 Å². The smallest absolute Gasteiger partial charge is 0.215 e. The SMILES string of the molecule is N=C(N)c1ncn(C2O[C@H](CO)[C@@H](O)[C@H]2O)n1. The van der Waals surface area contributed by atoms with Gasteiger partial charge in [0.25, 0.3) is 0 Å². The van der Waals surface area contributed by atoms with Crippen LogP contribution in [0.3, 0.4) is 0 Å². The largest absolute Gasteiger partial charge is 0.394 e. The van der Waals surface area contributed by atoms with Crippen LogP contribution in [0.5, 0.6) is 0 Å². The van der Waals surface area contributed by atoms with Gasteiger partial charge in [-0.3, -0.25) is 5.41 Å². The van der Waals surface area contributed by atoms with E-state index >= 15 is 0 Å². The fourth-order valence-corrected chi connectivity index (χ4v) is 1.62. The molecule has 1 aliphatic rings. The minimum Gasteiger partial charge on any atom is -0.394 e. The van der Waals surface area contributed by atoms with Crippen molar-refractivity contribution in [2.75, 3.05) is 6.61 Å². The average molecular weight is 243 g/mol. The molecule has 94 valence electrons. The maximum atomic E-state index is 9.70. The number of amidine groups is 1. The summed E-state index contributed by atoms with van der Waals surface area (Å²) in [6.45, 7) is -0.414. The monoisotopic (exact) mass is 243 g/mol. The second-order valence-corrected chi connectivity index (χ2v) is 3.69. The molecule has 0 aliphatic carbocycles. The van der Waals surface area contributed by atoms with E-state index in [-0.39, 0.29) is 11.7 Å². The van der Waals surface area contributed by atoms with E-state index in [1.165, 1.54) is 6.33 Å². The summed E-state index contributed by atoms with van der Waals surface area (Å²) in [6.07, 6.45) is -3.02. The summed E-state index contributed by atoms with van der Waals surface area (Å²) >= 11 is 0. The van der Waals surface area contributed by atoms with Gasteiger partial charge in [-0.2, -0.15) is 0 Å². The number of aliphatic hydroxyl groups is 3. The third-order valence-corrected chi connectivity index (χ3v) is 2.53. The van der Waals surface area contributed by atoms with Crippen LogP contribution in [0.25, 0.3) is 0 Å². The maximum absolute atomic E-state index is 9.70. The van der Waals surface area contributed by atoms with Crippen molar-refractivity contribution in [3.05, 3.63) is 12.2 Å². The third kappa shape index (κ3) is 2.00. The molecule has 0 aromatic carbocycles. The number of hydrogen-bond donors (Lipinski definition) is 5. The number of ether oxygens (including phenoxy) is 1. The van der Waals surface area contributed by atoms with Crippen molar-refractivity contribution in [2.45, 2.75) is 24.5 Å². The summed E-state index contributed by atoms with van der Waals surface area (Å²) in [7, 11) is 0. The second kappa shape index (κ2) is 4.37. The quantitative estimate of drug-likeness (QED) is 0.283. The molecule has 4 atom stereocenters. The number of aromatic nitrogens is 3. The predicted molar refractivity (Wildman–Crippen MR) is 54.0 cm³/mol. The molecular weight excluding hydrogens is 230 g/mol. The molecule has 9 heteroatoms. The Bertz CT molecular complexity index is 422. The average Bonchev–Trinajstić information content (AvgIpc) is 2.87. The van der Waals surface area contributed by atoms with Gasteiger partial charge in [0, 0.05) is 0 Å². The zero-order valence-corrected chi connectivity index (χ0v) is 8.76. The number of rotatable bonds is 3. The summed E-state index contributed by atoms with van der Waals surface area (Å²) in [5.41, 5.74) is 5.19. The Morgan fingerprint density at radius 1 is 1.53 bits per heavy atom. The Labute approximate surface area is 96.0 Å². The van der Waals surface area contributed by atoms with E-state index in [9.17, 15) is 10.2 Å². The Hall–Kier alpha value is -1.55. The van der Waals surface area contributed by atoms with Crippen molar-refractivity contribution in [3.63, 3.8) is 0 Å². The van der Waals surface area contributed by atoms with Gasteiger partial charge in [-0.15, -0.1) is 5.10 Å². The lowest BCUT2D eigenvalue weighted by Gasteiger charge is -2.13. The van der Waals surface area contributed by atoms with E-state index in [0.29, 0.717) is 0 Å². The highest BCUT2D eigenvalue weighted by Gasteiger charge is 2.43. The molecular formula is C8H13N5O4. The van der Waals surface area contributed by atoms with Crippen molar-refractivity contribution in [1.82, 2.24) is 14.8 Å². The molecule has 1 aromatic heterocycles. The van der Waals surface area contributed by atoms with Gasteiger partial charge in [-0.25, -0.2) is 9.67 Å². The molecule has 0 saturated carbocycles. The van der Waals surface area contributed by atoms with Gasteiger partial charge in [-0.05, 0) is 0 Å². The minimum atomic E-state index is -1.23. The Balaban J connectivity index is 2.19. The van der Waals surface area contributed by atoms with Crippen LogP contribution in [0.1, 0.15) is 12.1 Å². The van der Waals surface area contributed by atoms with Crippen LogP contribution in [0, 0.1) is 5.41 Å². The summed E-state index contributed by atoms with van der Waals surface area (Å²) in [4.78, 5) is 3.74. The molecule has 0 bridgehead atoms. The van der Waals surface area contributed by atoms with Gasteiger partial charge >= 0.3 is 0 Å². The molecule has 1 saturated heterocycles. The maximum Gasteiger partial charge on any atom is 0.215 e. The first-order chi connectivity index (χ1) is 8.04. The topological polar surface area (TPSA) is 150 Å². The number of nitrogens with two attached hydrogens (primary N) is 1. The minimum absolute atomic E-state index is 0.00254. The van der Waals surface area contributed by atoms with Crippen LogP contribution in [0.4, 0.5) is 0 Å². The van der Waals surface area contributed by atoms with Gasteiger partial charge in [0.1, 0.15) is 24.6 Å². The first-order valence-corrected chi connectivity index (χ1v) is 4.92. The zero-order chi connectivity index (χ0) is 12.6. The van der Waals surface area contributed by atoms with Gasteiger partial charge in [0.2, 0.25) is 5.82 Å². The van der Waals surface area contributed by atoms with Gasteiger partial charge in [-0.1, -0.05) is 0 Å². The van der Waals surface area contributed by atoms with Crippen LogP contribution in [0.2, 0.25) is 0 Å². The molecule has 0 amide bonds. The molecule has 1 aromatic rings. The van der Waals surface area contributed by atoms with Gasteiger partial charge < -0.3 is 25.8 Å². The summed E-state index contributed by atoms with van der Waals surface area (Å²) in [6, 6.07) is 0. The van der Waals surface area contributed by atoms with Crippen LogP contribution >= 0.6 is 0 Å². The number of hydrogen-bond acceptors (Lipinski definition) is 7. The molecule has 1 fully saturated rings. The molecule has 2 heterocycles. The molecule has 0 radical (unpaired) electrons. The lowest BCUT2D eigenvalue weighted by atomic mass is 10.1. The summed E-state index contributed by atoms with van der Waals surface area (Å²) in [5.74, 6) is -0.307. The first-order valence-electron chi connectivity index (χ1n) is 4.92. The first kappa shape index (κ1) is 11.9. The third-order valence-electron chi connectivity index (χ3n) is 2.53. The Morgan fingerprint density at radius 3 is 2.71 bits per heavy atom. The van der Waals surface area contributed by atoms with Crippen molar-refractivity contribution in [2.24, 2.45) is 5.73 Å². The highest BCUT2D eigenvalue weighted by molar-refractivity contribution is 5.90. The molecule has 17 heavy (non-hydrogen) atoms. The summed E-state index contributed by atoms with van der Waals surface area (Å²) < 4.78 is 6.37. The van der Waals surface area contributed by atoms with Crippen LogP contribution in [0.15, 0.2) is 6.33 Å². The van der Waals surface area contributed by atoms with Crippen molar-refractivity contribution in [1.29, 1.82) is 5.41 Å². The van der Waals surface area contributed by atoms with E-state index in [1.807, 2.05) is 0 Å². The normalized spacial score (nSPS) is 32.9. The van der Waals surface area contributed by atoms with E-state index in [1.54, 1.807) is 0 Å². The number of nitrogens with one attached hydrogen (secondary N) is 1. The highest BCUT2D eigenvalue weighted by Crippen LogP contribution is 2.28. The Morgan fingerprint density at radius 2 is 2.24 bits per heavy atom. The molecule has 1 aliphatic heterocycles. The van der Waals surface area contributed by atoms with Crippen molar-refractivity contribution in [3.8, 4) is 0 Å². The molecule has 9 nitrogen and oxygen atoms in total. The fourth-order valence-electron chi connectivity index (χ4n) is 1.62. The van der Waals surface area contributed by atoms with Gasteiger partial charge in [0.15, 0.2) is 12.1 Å². The van der Waals surface area contributed by atoms with Crippen LogP contribution in [-0.4, -0.2) is 60.8 Å². The standard InChI is InChI=1S/C8H13N5O4/c9-6(10)7-11-2-13(12-7)8-5(16)4(15)3(1-14)17-8/h2-5,8,14-16H,1H2,(H3,9,10)/t3-,4-,5-,8?/m1/s1. The van der Waals surface area contributed by atoms with E-state index in [2.05, 4.69) is 10.1 Å². The lowest BCUT2D eigenvalue weighted by molar-refractivity contribution is -0.0588. The zero-order valence-electron chi connectivity index (χ0n) is 8.76. The Kier molecular flexibility index (Phi) is 3.07. The lowest BCUT2D eigenvalue weighted by Crippen LogP contribution is -2.33. The molecule has 1 unspecified atom stereocenters. The molecule has 2 rings (SSSR count). The van der Waals surface area contributed by atoms with Gasteiger partial charge in [0.05, 0.1) is 6.61 Å². The molecule has 6 N–H and O–H groups in total. The number of nitrogens with zero attached hydrogens (tertiary/aromatic N) is 3. The van der Waals surface area contributed by atoms with E-state index in [0.717, 1.165) is 4.68 Å². The number of aliphatic hydroxyl groups excluding tert-OH is 3. The number of nitrogen functional groups attached to an aromatic ring is 1. The van der Waals surface area contributed by atoms with Crippen molar-refractivity contribution < 1.29 is 20.1 Å². The second-order valence-electron chi connectivity index (χ2n) is 3.69. The van der Waals surface area contributed by atoms with E-state index < -0.39 is 31.1 Å². The summed E-state index contributed by atoms with van der Waals surface area (Å²) in [5, 5.41) is 39.1. The van der Waals surface area contributed by atoms with Crippen LogP contribution in [-0.2, 0) is 4.74 Å². The predicted octanol–water partition coefficient (Wildman–Crippen LogP) is -2.83.